The lowest BCUT2D eigenvalue weighted by atomic mass is 9.99. The molecule has 3 rings (SSSR count). The van der Waals surface area contributed by atoms with Crippen LogP contribution < -0.4 is 5.73 Å². The molecule has 0 spiro atoms. The molecule has 1 atom stereocenters. The highest BCUT2D eigenvalue weighted by atomic mass is 32.1. The molecule has 1 unspecified atom stereocenters. The van der Waals surface area contributed by atoms with Gasteiger partial charge >= 0.3 is 0 Å². The normalized spacial score (nSPS) is 12.5. The molecule has 4 nitrogen and oxygen atoms in total. The molecule has 96 valence electrons. The van der Waals surface area contributed by atoms with Gasteiger partial charge < -0.3 is 10.2 Å². The number of aromatic nitrogens is 2. The SMILES string of the molecule is NCC(c1ccccc1)c1nnc(-c2cccs2)o1. The average Bonchev–Trinajstić information content (AvgIpc) is 3.11. The summed E-state index contributed by atoms with van der Waals surface area (Å²) < 4.78 is 5.74. The Labute approximate surface area is 114 Å². The second kappa shape index (κ2) is 5.34. The molecule has 0 aliphatic rings. The fourth-order valence-corrected chi connectivity index (χ4v) is 2.58. The number of hydrogen-bond donors (Lipinski definition) is 1. The summed E-state index contributed by atoms with van der Waals surface area (Å²) in [7, 11) is 0. The van der Waals surface area contributed by atoms with E-state index >= 15 is 0 Å². The van der Waals surface area contributed by atoms with E-state index in [-0.39, 0.29) is 5.92 Å². The summed E-state index contributed by atoms with van der Waals surface area (Å²) in [5.74, 6) is 1.07. The van der Waals surface area contributed by atoms with Crippen molar-refractivity contribution in [3.63, 3.8) is 0 Å². The molecule has 0 fully saturated rings. The van der Waals surface area contributed by atoms with Crippen molar-refractivity contribution >= 4 is 11.3 Å². The first-order valence-electron chi connectivity index (χ1n) is 6.01. The Balaban J connectivity index is 1.93. The van der Waals surface area contributed by atoms with Gasteiger partial charge in [0.1, 0.15) is 0 Å². The Morgan fingerprint density at radius 1 is 1.11 bits per heavy atom. The molecule has 19 heavy (non-hydrogen) atoms. The van der Waals surface area contributed by atoms with Gasteiger partial charge in [-0.2, -0.15) is 0 Å². The van der Waals surface area contributed by atoms with Gasteiger partial charge in [0, 0.05) is 6.54 Å². The lowest BCUT2D eigenvalue weighted by Gasteiger charge is -2.09. The van der Waals surface area contributed by atoms with Gasteiger partial charge in [0.2, 0.25) is 5.89 Å². The predicted molar refractivity (Wildman–Crippen MR) is 75.0 cm³/mol. The minimum Gasteiger partial charge on any atom is -0.419 e. The highest BCUT2D eigenvalue weighted by Crippen LogP contribution is 2.27. The van der Waals surface area contributed by atoms with Crippen molar-refractivity contribution in [3.05, 3.63) is 59.3 Å². The summed E-state index contributed by atoms with van der Waals surface area (Å²) >= 11 is 1.58. The second-order valence-corrected chi connectivity index (χ2v) is 5.07. The smallest absolute Gasteiger partial charge is 0.257 e. The molecule has 2 N–H and O–H groups in total. The van der Waals surface area contributed by atoms with E-state index in [0.717, 1.165) is 10.4 Å². The molecule has 0 saturated heterocycles. The van der Waals surface area contributed by atoms with Gasteiger partial charge in [0.05, 0.1) is 10.8 Å². The Bertz CT molecular complexity index is 634. The van der Waals surface area contributed by atoms with Crippen LogP contribution in [0, 0.1) is 0 Å². The van der Waals surface area contributed by atoms with Crippen molar-refractivity contribution in [1.82, 2.24) is 10.2 Å². The molecule has 0 amide bonds. The Kier molecular flexibility index (Phi) is 3.39. The molecule has 2 heterocycles. The topological polar surface area (TPSA) is 64.9 Å². The monoisotopic (exact) mass is 271 g/mol. The van der Waals surface area contributed by atoms with Crippen molar-refractivity contribution in [1.29, 1.82) is 0 Å². The van der Waals surface area contributed by atoms with E-state index in [1.807, 2.05) is 47.8 Å². The molecular weight excluding hydrogens is 258 g/mol. The second-order valence-electron chi connectivity index (χ2n) is 4.12. The van der Waals surface area contributed by atoms with Crippen LogP contribution in [0.3, 0.4) is 0 Å². The molecule has 5 heteroatoms. The van der Waals surface area contributed by atoms with Gasteiger partial charge in [-0.3, -0.25) is 0 Å². The quantitative estimate of drug-likeness (QED) is 0.792. The average molecular weight is 271 g/mol. The Morgan fingerprint density at radius 2 is 1.95 bits per heavy atom. The number of benzene rings is 1. The lowest BCUT2D eigenvalue weighted by Crippen LogP contribution is -2.14. The maximum Gasteiger partial charge on any atom is 0.257 e. The maximum atomic E-state index is 5.84. The third-order valence-corrected chi connectivity index (χ3v) is 3.77. The number of nitrogens with two attached hydrogens (primary N) is 1. The number of nitrogens with zero attached hydrogens (tertiary/aromatic N) is 2. The van der Waals surface area contributed by atoms with E-state index in [2.05, 4.69) is 10.2 Å². The van der Waals surface area contributed by atoms with E-state index in [1.54, 1.807) is 11.3 Å². The van der Waals surface area contributed by atoms with E-state index in [0.29, 0.717) is 18.3 Å². The first-order valence-corrected chi connectivity index (χ1v) is 6.88. The summed E-state index contributed by atoms with van der Waals surface area (Å²) in [6, 6.07) is 13.9. The van der Waals surface area contributed by atoms with E-state index < -0.39 is 0 Å². The zero-order valence-corrected chi connectivity index (χ0v) is 11.0. The third kappa shape index (κ3) is 2.43. The van der Waals surface area contributed by atoms with Crippen molar-refractivity contribution in [2.45, 2.75) is 5.92 Å². The summed E-state index contributed by atoms with van der Waals surface area (Å²) in [4.78, 5) is 0.975. The molecule has 0 radical (unpaired) electrons. The van der Waals surface area contributed by atoms with Gasteiger partial charge in [-0.1, -0.05) is 36.4 Å². The summed E-state index contributed by atoms with van der Waals surface area (Å²) in [5, 5.41) is 10.2. The van der Waals surface area contributed by atoms with Crippen LogP contribution >= 0.6 is 11.3 Å². The van der Waals surface area contributed by atoms with Crippen molar-refractivity contribution < 1.29 is 4.42 Å². The van der Waals surface area contributed by atoms with Crippen molar-refractivity contribution in [2.24, 2.45) is 5.73 Å². The summed E-state index contributed by atoms with van der Waals surface area (Å²) in [6.07, 6.45) is 0. The molecule has 0 aliphatic heterocycles. The largest absolute Gasteiger partial charge is 0.419 e. The Morgan fingerprint density at radius 3 is 2.63 bits per heavy atom. The van der Waals surface area contributed by atoms with E-state index in [1.165, 1.54) is 0 Å². The van der Waals surface area contributed by atoms with Gasteiger partial charge in [0.25, 0.3) is 5.89 Å². The fourth-order valence-electron chi connectivity index (χ4n) is 1.94. The number of hydrogen-bond acceptors (Lipinski definition) is 5. The first kappa shape index (κ1) is 12.1. The highest BCUT2D eigenvalue weighted by molar-refractivity contribution is 7.13. The van der Waals surface area contributed by atoms with Crippen LogP contribution in [0.15, 0.2) is 52.3 Å². The standard InChI is InChI=1S/C14H13N3OS/c15-9-11(10-5-2-1-3-6-10)13-16-17-14(18-13)12-7-4-8-19-12/h1-8,11H,9,15H2. The molecule has 0 saturated carbocycles. The highest BCUT2D eigenvalue weighted by Gasteiger charge is 2.19. The van der Waals surface area contributed by atoms with Crippen LogP contribution in [0.2, 0.25) is 0 Å². The van der Waals surface area contributed by atoms with Gasteiger partial charge in [-0.15, -0.1) is 21.5 Å². The van der Waals surface area contributed by atoms with Crippen molar-refractivity contribution in [3.8, 4) is 10.8 Å². The maximum absolute atomic E-state index is 5.84. The van der Waals surface area contributed by atoms with Crippen LogP contribution in [0.1, 0.15) is 17.4 Å². The first-order chi connectivity index (χ1) is 9.38. The lowest BCUT2D eigenvalue weighted by molar-refractivity contribution is 0.482. The van der Waals surface area contributed by atoms with E-state index in [9.17, 15) is 0 Å². The van der Waals surface area contributed by atoms with Gasteiger partial charge in [-0.25, -0.2) is 0 Å². The van der Waals surface area contributed by atoms with Crippen LogP contribution in [0.25, 0.3) is 10.8 Å². The number of thiophene rings is 1. The Hall–Kier alpha value is -1.98. The number of rotatable bonds is 4. The summed E-state index contributed by atoms with van der Waals surface area (Å²) in [6.45, 7) is 0.441. The molecule has 2 aromatic heterocycles. The molecule has 3 aromatic rings. The summed E-state index contributed by atoms with van der Waals surface area (Å²) in [5.41, 5.74) is 6.93. The van der Waals surface area contributed by atoms with Crippen LogP contribution in [-0.4, -0.2) is 16.7 Å². The van der Waals surface area contributed by atoms with Crippen LogP contribution in [0.5, 0.6) is 0 Å². The van der Waals surface area contributed by atoms with Crippen molar-refractivity contribution in [2.75, 3.05) is 6.54 Å². The zero-order chi connectivity index (χ0) is 13.1. The predicted octanol–water partition coefficient (Wildman–Crippen LogP) is 2.89. The fraction of sp³-hybridized carbons (Fsp3) is 0.143. The molecule has 0 aliphatic carbocycles. The van der Waals surface area contributed by atoms with Gasteiger partial charge in [0.15, 0.2) is 0 Å². The molecule has 0 bridgehead atoms. The molecular formula is C14H13N3OS. The van der Waals surface area contributed by atoms with Gasteiger partial charge in [-0.05, 0) is 17.0 Å². The zero-order valence-electron chi connectivity index (χ0n) is 10.2. The van der Waals surface area contributed by atoms with Crippen LogP contribution in [-0.2, 0) is 0 Å². The third-order valence-electron chi connectivity index (χ3n) is 2.91. The molecule has 1 aromatic carbocycles. The minimum absolute atomic E-state index is 0.0533. The minimum atomic E-state index is -0.0533. The van der Waals surface area contributed by atoms with Crippen LogP contribution in [0.4, 0.5) is 0 Å². The van der Waals surface area contributed by atoms with E-state index in [4.69, 9.17) is 10.2 Å².